The summed E-state index contributed by atoms with van der Waals surface area (Å²) in [4.78, 5) is 35.3. The maximum Gasteiger partial charge on any atom is 1.00 e. The number of carbonyl (C=O) groups excluding carboxylic acids is 3. The summed E-state index contributed by atoms with van der Waals surface area (Å²) in [5.74, 6) is -6.12. The van der Waals surface area contributed by atoms with Gasteiger partial charge < -0.3 is 19.8 Å². The van der Waals surface area contributed by atoms with E-state index in [0.717, 1.165) is 0 Å². The van der Waals surface area contributed by atoms with Crippen molar-refractivity contribution < 1.29 is 93.9 Å². The summed E-state index contributed by atoms with van der Waals surface area (Å²) in [5.41, 5.74) is -2.94. The van der Waals surface area contributed by atoms with Crippen molar-refractivity contribution in [2.75, 3.05) is 0 Å². The second-order valence-corrected chi connectivity index (χ2v) is 2.96. The summed E-state index contributed by atoms with van der Waals surface area (Å²) in [6.45, 7) is 1.67. The van der Waals surface area contributed by atoms with Crippen LogP contribution in [0.25, 0.3) is 0 Å². The van der Waals surface area contributed by atoms with Gasteiger partial charge in [0.2, 0.25) is 0 Å². The predicted molar refractivity (Wildman–Crippen MR) is 40.7 cm³/mol. The van der Waals surface area contributed by atoms with Crippen molar-refractivity contribution in [2.24, 2.45) is 5.41 Å². The van der Waals surface area contributed by atoms with E-state index in [9.17, 15) is 24.6 Å². The van der Waals surface area contributed by atoms with E-state index >= 15 is 0 Å². The Labute approximate surface area is 142 Å². The minimum absolute atomic E-state index is 0. The van der Waals surface area contributed by atoms with Crippen LogP contribution < -0.4 is 69.3 Å². The fraction of sp³-hybridized carbons (Fsp3) is 0.625. The third-order valence-corrected chi connectivity index (χ3v) is 2.03. The Balaban J connectivity index is -0.000000980. The van der Waals surface area contributed by atoms with Crippen molar-refractivity contribution in [1.29, 1.82) is 0 Å². The van der Waals surface area contributed by atoms with E-state index in [0.29, 0.717) is 6.42 Å². The molecule has 0 aliphatic rings. The topological polar surface area (TPSA) is 127 Å². The molecule has 0 radical (unpaired) electrons. The molecule has 9 heteroatoms. The van der Waals surface area contributed by atoms with Gasteiger partial charge in [-0.2, -0.15) is 5.26 Å². The minimum atomic E-state index is -2.94. The Morgan fingerprint density at radius 1 is 1.18 bits per heavy atom. The van der Waals surface area contributed by atoms with Crippen LogP contribution in [0.5, 0.6) is 0 Å². The van der Waals surface area contributed by atoms with Crippen LogP contribution in [0.4, 0.5) is 0 Å². The minimum Gasteiger partial charge on any atom is -0.548 e. The van der Waals surface area contributed by atoms with Gasteiger partial charge >= 0.3 is 65.1 Å². The molecule has 0 saturated carbocycles. The summed E-state index contributed by atoms with van der Waals surface area (Å²) >= 11 is 0. The molecule has 0 aliphatic heterocycles. The van der Waals surface area contributed by atoms with Gasteiger partial charge in [0.15, 0.2) is 0 Å². The first kappa shape index (κ1) is 22.5. The van der Waals surface area contributed by atoms with Crippen LogP contribution in [-0.4, -0.2) is 23.2 Å². The largest absolute Gasteiger partial charge is 1.00 e. The molecule has 0 amide bonds. The third-order valence-electron chi connectivity index (χ3n) is 2.03. The summed E-state index contributed by atoms with van der Waals surface area (Å²) in [6, 6.07) is 0. The summed E-state index contributed by atoms with van der Waals surface area (Å²) < 4.78 is 0. The van der Waals surface area contributed by atoms with Gasteiger partial charge in [-0.15, -0.1) is 0 Å². The van der Waals surface area contributed by atoms with Crippen LogP contribution in [0.15, 0.2) is 0 Å². The molecular formula is C8H10Na2O7. The zero-order valence-electron chi connectivity index (χ0n) is 10.0. The normalized spacial score (nSPS) is 9.53. The second-order valence-electron chi connectivity index (χ2n) is 2.96. The molecule has 0 aromatic heterocycles. The first-order valence-corrected chi connectivity index (χ1v) is 4.22. The van der Waals surface area contributed by atoms with Crippen LogP contribution in [0.1, 0.15) is 26.2 Å². The summed E-state index contributed by atoms with van der Waals surface area (Å²) in [7, 11) is 0. The van der Waals surface area contributed by atoms with Crippen LogP contribution in [-0.2, 0) is 19.3 Å². The van der Waals surface area contributed by atoms with Gasteiger partial charge in [-0.05, 0) is 6.42 Å². The Morgan fingerprint density at radius 2 is 1.59 bits per heavy atom. The number of carboxylic acids is 2. The number of rotatable bonds is 6. The molecule has 17 heavy (non-hydrogen) atoms. The van der Waals surface area contributed by atoms with Crippen LogP contribution in [0.2, 0.25) is 0 Å². The Hall–Kier alpha value is 0.370. The van der Waals surface area contributed by atoms with Crippen LogP contribution >= 0.6 is 0 Å². The number of aliphatic carboxylic acids is 2. The van der Waals surface area contributed by atoms with Gasteiger partial charge in [-0.25, -0.2) is 4.79 Å². The van der Waals surface area contributed by atoms with E-state index in [1.807, 2.05) is 0 Å². The van der Waals surface area contributed by atoms with Gasteiger partial charge in [-0.3, -0.25) is 4.89 Å². The molecule has 0 fully saturated rings. The predicted octanol–water partition coefficient (Wildman–Crippen LogP) is -8.31. The van der Waals surface area contributed by atoms with E-state index in [1.165, 1.54) is 0 Å². The van der Waals surface area contributed by atoms with E-state index < -0.39 is 29.7 Å². The molecule has 0 spiro atoms. The smallest absolute Gasteiger partial charge is 0.548 e. The van der Waals surface area contributed by atoms with Crippen molar-refractivity contribution in [1.82, 2.24) is 0 Å². The zero-order valence-corrected chi connectivity index (χ0v) is 14.0. The van der Waals surface area contributed by atoms with E-state index in [-0.39, 0.29) is 65.5 Å². The third kappa shape index (κ3) is 5.25. The van der Waals surface area contributed by atoms with E-state index in [2.05, 4.69) is 4.89 Å². The Bertz CT molecular complexity index is 265. The molecule has 0 unspecified atom stereocenters. The average molecular weight is 264 g/mol. The van der Waals surface area contributed by atoms with Crippen molar-refractivity contribution in [3.05, 3.63) is 0 Å². The fourth-order valence-corrected chi connectivity index (χ4v) is 1.08. The first-order chi connectivity index (χ1) is 6.93. The zero-order chi connectivity index (χ0) is 12.1. The molecule has 86 valence electrons. The maximum atomic E-state index is 10.9. The molecule has 0 rings (SSSR count). The molecule has 0 aliphatic carbocycles. The van der Waals surface area contributed by atoms with Crippen molar-refractivity contribution in [2.45, 2.75) is 26.2 Å². The Kier molecular flexibility index (Phi) is 13.7. The van der Waals surface area contributed by atoms with Gasteiger partial charge in [0.1, 0.15) is 5.41 Å². The maximum absolute atomic E-state index is 10.9. The average Bonchev–Trinajstić information content (AvgIpc) is 2.17. The number of hydrogen-bond donors (Lipinski definition) is 1. The number of unbranched alkanes of at least 4 members (excludes halogenated alkanes) is 1. The molecule has 0 aromatic carbocycles. The van der Waals surface area contributed by atoms with Crippen LogP contribution in [0, 0.1) is 5.41 Å². The number of hydrogen-bond acceptors (Lipinski definition) is 7. The van der Waals surface area contributed by atoms with Crippen molar-refractivity contribution in [3.63, 3.8) is 0 Å². The molecule has 7 nitrogen and oxygen atoms in total. The van der Waals surface area contributed by atoms with E-state index in [4.69, 9.17) is 5.26 Å². The first-order valence-electron chi connectivity index (χ1n) is 4.22. The molecule has 0 bridgehead atoms. The SMILES string of the molecule is CCCCC(C(=O)[O-])(C(=O)[O-])C(=O)OO.[Na+].[Na+]. The standard InChI is InChI=1S/C8H12O7.2Na/c1-2-3-4-8(5(9)10,6(11)12)7(13)15-14;;/h14H,2-4H2,1H3,(H,9,10)(H,11,12);;/q;2*+1/p-2. The van der Waals surface area contributed by atoms with Gasteiger partial charge in [0, 0.05) is 0 Å². The Morgan fingerprint density at radius 3 is 1.82 bits per heavy atom. The molecule has 0 saturated heterocycles. The second kappa shape index (κ2) is 10.3. The van der Waals surface area contributed by atoms with Crippen LogP contribution in [0.3, 0.4) is 0 Å². The monoisotopic (exact) mass is 264 g/mol. The fourth-order valence-electron chi connectivity index (χ4n) is 1.08. The summed E-state index contributed by atoms with van der Waals surface area (Å²) in [5, 5.41) is 29.3. The van der Waals surface area contributed by atoms with E-state index in [1.54, 1.807) is 6.92 Å². The van der Waals surface area contributed by atoms with Gasteiger partial charge in [0.05, 0.1) is 11.9 Å². The quantitative estimate of drug-likeness (QED) is 0.218. The number of carboxylic acid groups (broad SMARTS) is 2. The molecule has 0 aromatic rings. The van der Waals surface area contributed by atoms with Crippen molar-refractivity contribution >= 4 is 17.9 Å². The van der Waals surface area contributed by atoms with Gasteiger partial charge in [0.25, 0.3) is 0 Å². The number of carbonyl (C=O) groups is 3. The molecule has 1 N–H and O–H groups in total. The summed E-state index contributed by atoms with van der Waals surface area (Å²) in [6.07, 6.45) is 0.0473. The molecular weight excluding hydrogens is 254 g/mol. The molecule has 0 atom stereocenters. The van der Waals surface area contributed by atoms with Crippen molar-refractivity contribution in [3.8, 4) is 0 Å². The van der Waals surface area contributed by atoms with Gasteiger partial charge in [-0.1, -0.05) is 19.8 Å². The molecule has 0 heterocycles.